The molecule has 0 aliphatic heterocycles. The molecule has 0 amide bonds. The molecule has 4 aliphatic carbocycles. The maximum Gasteiger partial charge on any atom is 0.342 e. The molecule has 0 bridgehead atoms. The van der Waals surface area contributed by atoms with Gasteiger partial charge in [-0.25, -0.2) is 9.18 Å². The molecule has 0 unspecified atom stereocenters. The molecule has 8 atom stereocenters. The Labute approximate surface area is 213 Å². The molecule has 3 fully saturated rings. The molecule has 5 rings (SSSR count). The lowest BCUT2D eigenvalue weighted by molar-refractivity contribution is -0.222. The minimum atomic E-state index is -2.39. The first-order valence-corrected chi connectivity index (χ1v) is 12.5. The van der Waals surface area contributed by atoms with E-state index in [-0.39, 0.29) is 36.4 Å². The highest BCUT2D eigenvalue weighted by atomic mass is 19.1. The van der Waals surface area contributed by atoms with Gasteiger partial charge in [0.15, 0.2) is 23.7 Å². The van der Waals surface area contributed by atoms with E-state index in [4.69, 9.17) is 4.74 Å². The van der Waals surface area contributed by atoms with Crippen LogP contribution in [0.1, 0.15) is 49.9 Å². The highest BCUT2D eigenvalue weighted by Gasteiger charge is 2.76. The fourth-order valence-electron chi connectivity index (χ4n) is 7.69. The number of hydrogen-bond acceptors (Lipinski definition) is 8. The number of para-hydroxylation sites is 1. The van der Waals surface area contributed by atoms with Gasteiger partial charge in [-0.15, -0.1) is 0 Å². The van der Waals surface area contributed by atoms with Crippen LogP contribution >= 0.6 is 0 Å². The van der Waals surface area contributed by atoms with Gasteiger partial charge in [-0.1, -0.05) is 30.7 Å². The first-order chi connectivity index (χ1) is 17.3. The number of carbonyl (C=O) groups excluding carboxylic acids is 3. The monoisotopic (exact) mass is 514 g/mol. The predicted molar refractivity (Wildman–Crippen MR) is 128 cm³/mol. The van der Waals surface area contributed by atoms with Crippen molar-refractivity contribution in [2.24, 2.45) is 22.7 Å². The number of phenolic OH excluding ortho intramolecular Hbond substituents is 1. The number of Topliss-reactive ketones (excluding diaryl/α,β-unsaturated/α-hetero) is 1. The lowest BCUT2D eigenvalue weighted by atomic mass is 9.44. The third-order valence-electron chi connectivity index (χ3n) is 9.74. The van der Waals surface area contributed by atoms with Crippen molar-refractivity contribution in [2.45, 2.75) is 63.0 Å². The molecule has 0 radical (unpaired) electrons. The van der Waals surface area contributed by atoms with Crippen LogP contribution in [-0.4, -0.2) is 68.0 Å². The van der Waals surface area contributed by atoms with Crippen molar-refractivity contribution in [1.29, 1.82) is 0 Å². The van der Waals surface area contributed by atoms with E-state index < -0.39 is 64.5 Å². The number of phenols is 1. The van der Waals surface area contributed by atoms with E-state index in [2.05, 4.69) is 0 Å². The minimum Gasteiger partial charge on any atom is -0.507 e. The number of hydrogen-bond donors (Lipinski definition) is 4. The second-order valence-corrected chi connectivity index (χ2v) is 11.3. The number of halogens is 1. The third kappa shape index (κ3) is 3.26. The summed E-state index contributed by atoms with van der Waals surface area (Å²) in [6, 6.07) is 5.62. The topological polar surface area (TPSA) is 141 Å². The summed E-state index contributed by atoms with van der Waals surface area (Å²) in [6.45, 7) is 2.34. The normalized spacial score (nSPS) is 42.3. The second kappa shape index (κ2) is 8.31. The van der Waals surface area contributed by atoms with Crippen LogP contribution in [0.5, 0.6) is 5.75 Å². The molecule has 0 spiro atoms. The molecule has 0 saturated heterocycles. The van der Waals surface area contributed by atoms with Gasteiger partial charge in [-0.2, -0.15) is 0 Å². The molecule has 0 aromatic heterocycles. The van der Waals surface area contributed by atoms with Crippen molar-refractivity contribution in [3.05, 3.63) is 53.6 Å². The maximum atomic E-state index is 17.1. The Bertz CT molecular complexity index is 1240. The van der Waals surface area contributed by atoms with Gasteiger partial charge in [-0.3, -0.25) is 9.59 Å². The average molecular weight is 515 g/mol. The summed E-state index contributed by atoms with van der Waals surface area (Å²) >= 11 is 0. The molecule has 8 nitrogen and oxygen atoms in total. The standard InChI is InChI=1S/C28H31FO8/c1-25-10-9-16(30)11-15(25)7-8-18-19-12-21(32)28(36,26(19,2)13-22(33)27(18,25)29)23(34)14-37-24(35)17-5-3-4-6-20(17)31/h3-6,9-11,18-19,21-22,31-33,36H,7-8,12-14H2,1-2H3/t18-,19-,21+,22-,25-,26-,27-,28-/m0/s1. The van der Waals surface area contributed by atoms with Crippen molar-refractivity contribution in [2.75, 3.05) is 6.61 Å². The fourth-order valence-corrected chi connectivity index (χ4v) is 7.69. The van der Waals surface area contributed by atoms with Crippen molar-refractivity contribution >= 4 is 17.5 Å². The molecule has 4 aliphatic rings. The molecule has 37 heavy (non-hydrogen) atoms. The number of ketones is 2. The van der Waals surface area contributed by atoms with E-state index in [1.807, 2.05) is 0 Å². The van der Waals surface area contributed by atoms with Crippen molar-refractivity contribution < 1.29 is 43.9 Å². The van der Waals surface area contributed by atoms with E-state index in [1.165, 1.54) is 42.5 Å². The molecular weight excluding hydrogens is 483 g/mol. The predicted octanol–water partition coefficient (Wildman–Crippen LogP) is 2.19. The van der Waals surface area contributed by atoms with Gasteiger partial charge >= 0.3 is 5.97 Å². The van der Waals surface area contributed by atoms with Gasteiger partial charge in [0, 0.05) is 16.7 Å². The van der Waals surface area contributed by atoms with E-state index in [1.54, 1.807) is 13.8 Å². The zero-order valence-electron chi connectivity index (χ0n) is 20.7. The Hall–Kier alpha value is -2.88. The summed E-state index contributed by atoms with van der Waals surface area (Å²) in [6.07, 6.45) is 1.34. The summed E-state index contributed by atoms with van der Waals surface area (Å²) < 4.78 is 22.2. The van der Waals surface area contributed by atoms with Gasteiger partial charge in [0.05, 0.1) is 12.2 Å². The van der Waals surface area contributed by atoms with Crippen LogP contribution in [0, 0.1) is 22.7 Å². The number of esters is 1. The number of fused-ring (bicyclic) bond motifs is 5. The molecule has 1 aromatic rings. The Morgan fingerprint density at radius 2 is 1.84 bits per heavy atom. The molecule has 9 heteroatoms. The van der Waals surface area contributed by atoms with Gasteiger partial charge in [-0.05, 0) is 62.8 Å². The summed E-state index contributed by atoms with van der Waals surface area (Å²) in [5.74, 6) is -3.98. The van der Waals surface area contributed by atoms with Crippen LogP contribution in [0.2, 0.25) is 0 Å². The Balaban J connectivity index is 1.44. The quantitative estimate of drug-likeness (QED) is 0.448. The fraction of sp³-hybridized carbons (Fsp3) is 0.536. The number of rotatable bonds is 4. The van der Waals surface area contributed by atoms with Crippen LogP contribution in [0.3, 0.4) is 0 Å². The largest absolute Gasteiger partial charge is 0.507 e. The number of alkyl halides is 1. The number of carbonyl (C=O) groups is 3. The highest BCUT2D eigenvalue weighted by molar-refractivity contribution is 6.01. The zero-order chi connectivity index (χ0) is 27.0. The van der Waals surface area contributed by atoms with Gasteiger partial charge in [0.2, 0.25) is 5.78 Å². The highest BCUT2D eigenvalue weighted by Crippen LogP contribution is 2.69. The molecule has 3 saturated carbocycles. The minimum absolute atomic E-state index is 0.0764. The Morgan fingerprint density at radius 3 is 2.54 bits per heavy atom. The van der Waals surface area contributed by atoms with Crippen LogP contribution in [0.15, 0.2) is 48.1 Å². The summed E-state index contributed by atoms with van der Waals surface area (Å²) in [4.78, 5) is 37.7. The van der Waals surface area contributed by atoms with Crippen LogP contribution in [0.4, 0.5) is 4.39 Å². The first kappa shape index (κ1) is 25.8. The lowest BCUT2D eigenvalue weighted by Crippen LogP contribution is -2.69. The van der Waals surface area contributed by atoms with Crippen LogP contribution in [-0.2, 0) is 14.3 Å². The van der Waals surface area contributed by atoms with Gasteiger partial charge in [0.25, 0.3) is 0 Å². The zero-order valence-corrected chi connectivity index (χ0v) is 20.7. The summed E-state index contributed by atoms with van der Waals surface area (Å²) in [7, 11) is 0. The second-order valence-electron chi connectivity index (χ2n) is 11.3. The summed E-state index contributed by atoms with van der Waals surface area (Å²) in [5.41, 5.74) is -6.78. The SMILES string of the molecule is C[C@]12C=CC(=O)C=C1CC[C@H]1[C@@H]3C[C@@H](O)[C@](O)(C(=O)COC(=O)c4ccccc4O)[C@@]3(C)C[C@H](O)[C@@]12F. The van der Waals surface area contributed by atoms with Crippen LogP contribution in [0.25, 0.3) is 0 Å². The number of aliphatic hydroxyl groups excluding tert-OH is 2. The summed E-state index contributed by atoms with van der Waals surface area (Å²) in [5, 5.41) is 43.9. The van der Waals surface area contributed by atoms with Crippen molar-refractivity contribution in [1.82, 2.24) is 0 Å². The van der Waals surface area contributed by atoms with E-state index in [0.29, 0.717) is 12.0 Å². The number of aliphatic hydroxyl groups is 3. The van der Waals surface area contributed by atoms with E-state index in [9.17, 15) is 34.8 Å². The lowest BCUT2D eigenvalue weighted by Gasteiger charge is -2.62. The molecule has 198 valence electrons. The smallest absolute Gasteiger partial charge is 0.342 e. The van der Waals surface area contributed by atoms with Crippen molar-refractivity contribution in [3.8, 4) is 5.75 Å². The first-order valence-electron chi connectivity index (χ1n) is 12.5. The van der Waals surface area contributed by atoms with Crippen LogP contribution < -0.4 is 0 Å². The van der Waals surface area contributed by atoms with E-state index in [0.717, 1.165) is 0 Å². The van der Waals surface area contributed by atoms with Crippen molar-refractivity contribution in [3.63, 3.8) is 0 Å². The molecule has 1 aromatic carbocycles. The third-order valence-corrected chi connectivity index (χ3v) is 9.74. The van der Waals surface area contributed by atoms with Gasteiger partial charge in [0.1, 0.15) is 11.3 Å². The van der Waals surface area contributed by atoms with Gasteiger partial charge < -0.3 is 25.2 Å². The molecule has 0 heterocycles. The average Bonchev–Trinajstić information content (AvgIpc) is 3.05. The molecule has 4 N–H and O–H groups in total. The maximum absolute atomic E-state index is 17.1. The Morgan fingerprint density at radius 1 is 1.14 bits per heavy atom. The Kier molecular flexibility index (Phi) is 5.79. The number of ether oxygens (including phenoxy) is 1. The number of aromatic hydroxyl groups is 1. The number of allylic oxidation sites excluding steroid dienone is 4. The molecular formula is C28H31FO8. The number of benzene rings is 1. The van der Waals surface area contributed by atoms with E-state index >= 15 is 4.39 Å².